The van der Waals surface area contributed by atoms with Crippen molar-refractivity contribution in [3.8, 4) is 6.07 Å². The molecule has 2 atom stereocenters. The van der Waals surface area contributed by atoms with Crippen molar-refractivity contribution in [2.45, 2.75) is 19.4 Å². The molecule has 94 valence electrons. The van der Waals surface area contributed by atoms with Crippen molar-refractivity contribution in [2.24, 2.45) is 5.92 Å². The van der Waals surface area contributed by atoms with Crippen LogP contribution in [0.3, 0.4) is 0 Å². The molecule has 2 unspecified atom stereocenters. The van der Waals surface area contributed by atoms with Gasteiger partial charge in [-0.1, -0.05) is 6.92 Å². The first-order chi connectivity index (χ1) is 8.13. The summed E-state index contributed by atoms with van der Waals surface area (Å²) in [6.07, 6.45) is -0.274. The molecule has 6 heteroatoms. The second-order valence-corrected chi connectivity index (χ2v) is 3.76. The van der Waals surface area contributed by atoms with Crippen LogP contribution in [0.4, 0.5) is 0 Å². The number of ether oxygens (including phenoxy) is 2. The van der Waals surface area contributed by atoms with Crippen molar-refractivity contribution in [2.75, 3.05) is 26.8 Å². The average molecular weight is 240 g/mol. The van der Waals surface area contributed by atoms with E-state index in [1.165, 1.54) is 12.0 Å². The molecular weight excluding hydrogens is 224 g/mol. The quantitative estimate of drug-likeness (QED) is 0.645. The maximum Gasteiger partial charge on any atom is 0.336 e. The molecule has 0 saturated carbocycles. The Morgan fingerprint density at radius 1 is 1.65 bits per heavy atom. The van der Waals surface area contributed by atoms with Crippen LogP contribution < -0.4 is 0 Å². The Labute approximate surface area is 100 Å². The van der Waals surface area contributed by atoms with Gasteiger partial charge in [-0.3, -0.25) is 4.79 Å². The van der Waals surface area contributed by atoms with Crippen LogP contribution in [0.15, 0.2) is 0 Å². The highest BCUT2D eigenvalue weighted by molar-refractivity contribution is 5.82. The number of methoxy groups -OCH3 is 1. The summed E-state index contributed by atoms with van der Waals surface area (Å²) in [7, 11) is 1.27. The van der Waals surface area contributed by atoms with Crippen molar-refractivity contribution < 1.29 is 19.1 Å². The fourth-order valence-corrected chi connectivity index (χ4v) is 1.67. The van der Waals surface area contributed by atoms with Gasteiger partial charge in [0.2, 0.25) is 5.91 Å². The molecule has 0 radical (unpaired) electrons. The minimum atomic E-state index is -0.742. The topological polar surface area (TPSA) is 79.6 Å². The number of esters is 1. The number of hydrogen-bond donors (Lipinski definition) is 0. The van der Waals surface area contributed by atoms with Gasteiger partial charge in [0.05, 0.1) is 26.3 Å². The average Bonchev–Trinajstić information content (AvgIpc) is 2.39. The van der Waals surface area contributed by atoms with Gasteiger partial charge in [-0.15, -0.1) is 0 Å². The number of morpholine rings is 1. The molecule has 6 nitrogen and oxygen atoms in total. The van der Waals surface area contributed by atoms with E-state index in [2.05, 4.69) is 4.74 Å². The van der Waals surface area contributed by atoms with Crippen molar-refractivity contribution in [3.63, 3.8) is 0 Å². The Hall–Kier alpha value is -1.61. The predicted octanol–water partition coefficient (Wildman–Crippen LogP) is -0.0634. The molecule has 1 aliphatic rings. The predicted molar refractivity (Wildman–Crippen MR) is 57.7 cm³/mol. The molecule has 0 aliphatic carbocycles. The first kappa shape index (κ1) is 13.5. The molecule has 0 bridgehead atoms. The zero-order valence-corrected chi connectivity index (χ0v) is 10.0. The van der Waals surface area contributed by atoms with Gasteiger partial charge in [-0.25, -0.2) is 4.79 Å². The van der Waals surface area contributed by atoms with Gasteiger partial charge in [0.1, 0.15) is 5.92 Å². The standard InChI is InChI=1S/C11H16N2O4/c1-3-8(6-12)10(14)13-4-5-17-9(7-13)11(15)16-2/h8-9H,3-5,7H2,1-2H3. The van der Waals surface area contributed by atoms with Crippen LogP contribution in [-0.2, 0) is 19.1 Å². The van der Waals surface area contributed by atoms with E-state index in [-0.39, 0.29) is 19.1 Å². The van der Waals surface area contributed by atoms with Crippen LogP contribution in [0.25, 0.3) is 0 Å². The second kappa shape index (κ2) is 6.21. The SMILES string of the molecule is CCC(C#N)C(=O)N1CCOC(C(=O)OC)C1. The van der Waals surface area contributed by atoms with Gasteiger partial charge >= 0.3 is 5.97 Å². The van der Waals surface area contributed by atoms with Crippen molar-refractivity contribution in [1.82, 2.24) is 4.90 Å². The Morgan fingerprint density at radius 2 is 2.35 bits per heavy atom. The summed E-state index contributed by atoms with van der Waals surface area (Å²) in [5.74, 6) is -1.38. The first-order valence-corrected chi connectivity index (χ1v) is 5.51. The molecule has 1 fully saturated rings. The molecule has 0 aromatic heterocycles. The number of rotatable bonds is 3. The first-order valence-electron chi connectivity index (χ1n) is 5.51. The van der Waals surface area contributed by atoms with Crippen LogP contribution in [0.2, 0.25) is 0 Å². The van der Waals surface area contributed by atoms with E-state index in [9.17, 15) is 9.59 Å². The van der Waals surface area contributed by atoms with Gasteiger partial charge in [-0.05, 0) is 6.42 Å². The molecule has 0 aromatic carbocycles. The molecule has 0 aromatic rings. The molecule has 17 heavy (non-hydrogen) atoms. The fourth-order valence-electron chi connectivity index (χ4n) is 1.67. The molecular formula is C11H16N2O4. The summed E-state index contributed by atoms with van der Waals surface area (Å²) in [5, 5.41) is 8.83. The van der Waals surface area contributed by atoms with Gasteiger partial charge in [0.25, 0.3) is 0 Å². The summed E-state index contributed by atoms with van der Waals surface area (Å²) in [6.45, 7) is 2.63. The van der Waals surface area contributed by atoms with Crippen LogP contribution in [0.1, 0.15) is 13.3 Å². The van der Waals surface area contributed by atoms with Crippen LogP contribution in [0, 0.1) is 17.2 Å². The molecule has 1 rings (SSSR count). The number of nitriles is 1. The Morgan fingerprint density at radius 3 is 2.88 bits per heavy atom. The Balaban J connectivity index is 2.64. The summed E-state index contributed by atoms with van der Waals surface area (Å²) in [6, 6.07) is 1.96. The van der Waals surface area contributed by atoms with E-state index in [4.69, 9.17) is 10.00 Å². The van der Waals surface area contributed by atoms with E-state index in [0.29, 0.717) is 13.0 Å². The van der Waals surface area contributed by atoms with Gasteiger partial charge in [0, 0.05) is 6.54 Å². The summed E-state index contributed by atoms with van der Waals surface area (Å²) < 4.78 is 9.77. The van der Waals surface area contributed by atoms with E-state index < -0.39 is 18.0 Å². The van der Waals surface area contributed by atoms with Crippen molar-refractivity contribution in [1.29, 1.82) is 5.26 Å². The third-order valence-corrected chi connectivity index (χ3v) is 2.70. The lowest BCUT2D eigenvalue weighted by Gasteiger charge is -2.32. The largest absolute Gasteiger partial charge is 0.467 e. The molecule has 0 N–H and O–H groups in total. The summed E-state index contributed by atoms with van der Waals surface area (Å²) in [4.78, 5) is 24.7. The fraction of sp³-hybridized carbons (Fsp3) is 0.727. The minimum Gasteiger partial charge on any atom is -0.467 e. The minimum absolute atomic E-state index is 0.156. The van der Waals surface area contributed by atoms with Crippen LogP contribution in [-0.4, -0.2) is 49.7 Å². The smallest absolute Gasteiger partial charge is 0.336 e. The number of amides is 1. The third-order valence-electron chi connectivity index (χ3n) is 2.70. The number of hydrogen-bond acceptors (Lipinski definition) is 5. The van der Waals surface area contributed by atoms with Crippen molar-refractivity contribution in [3.05, 3.63) is 0 Å². The molecule has 0 spiro atoms. The van der Waals surface area contributed by atoms with E-state index in [0.717, 1.165) is 0 Å². The highest BCUT2D eigenvalue weighted by atomic mass is 16.6. The number of carbonyl (C=O) groups excluding carboxylic acids is 2. The maximum atomic E-state index is 11.9. The van der Waals surface area contributed by atoms with Crippen LogP contribution in [0.5, 0.6) is 0 Å². The van der Waals surface area contributed by atoms with E-state index in [1.807, 2.05) is 6.07 Å². The van der Waals surface area contributed by atoms with Crippen molar-refractivity contribution >= 4 is 11.9 Å². The lowest BCUT2D eigenvalue weighted by Crippen LogP contribution is -2.50. The third kappa shape index (κ3) is 3.17. The zero-order valence-electron chi connectivity index (χ0n) is 10.0. The lowest BCUT2D eigenvalue weighted by atomic mass is 10.1. The van der Waals surface area contributed by atoms with Crippen LogP contribution >= 0.6 is 0 Å². The Bertz CT molecular complexity index is 337. The van der Waals surface area contributed by atoms with Gasteiger partial charge in [0.15, 0.2) is 6.10 Å². The zero-order chi connectivity index (χ0) is 12.8. The maximum absolute atomic E-state index is 11.9. The molecule has 1 saturated heterocycles. The Kier molecular flexibility index (Phi) is 4.91. The van der Waals surface area contributed by atoms with E-state index in [1.54, 1.807) is 6.92 Å². The monoisotopic (exact) mass is 240 g/mol. The number of nitrogens with zero attached hydrogens (tertiary/aromatic N) is 2. The number of carbonyl (C=O) groups is 2. The lowest BCUT2D eigenvalue weighted by molar-refractivity contribution is -0.163. The highest BCUT2D eigenvalue weighted by Gasteiger charge is 2.32. The second-order valence-electron chi connectivity index (χ2n) is 3.76. The summed E-state index contributed by atoms with van der Waals surface area (Å²) >= 11 is 0. The molecule has 1 heterocycles. The summed E-state index contributed by atoms with van der Waals surface area (Å²) in [5.41, 5.74) is 0. The normalized spacial score (nSPS) is 21.5. The van der Waals surface area contributed by atoms with Gasteiger partial charge in [-0.2, -0.15) is 5.26 Å². The molecule has 1 amide bonds. The van der Waals surface area contributed by atoms with E-state index >= 15 is 0 Å². The highest BCUT2D eigenvalue weighted by Crippen LogP contribution is 2.12. The molecule has 1 aliphatic heterocycles. The van der Waals surface area contributed by atoms with Gasteiger partial charge < -0.3 is 14.4 Å².